The first-order valence-corrected chi connectivity index (χ1v) is 7.06. The Hall–Kier alpha value is -1.30. The van der Waals surface area contributed by atoms with Crippen LogP contribution in [0.5, 0.6) is 0 Å². The second kappa shape index (κ2) is 6.43. The van der Waals surface area contributed by atoms with E-state index in [1.165, 1.54) is 0 Å². The average molecular weight is 285 g/mol. The van der Waals surface area contributed by atoms with Gasteiger partial charge in [0.25, 0.3) is 0 Å². The van der Waals surface area contributed by atoms with E-state index in [0.717, 1.165) is 12.8 Å². The fourth-order valence-electron chi connectivity index (χ4n) is 2.41. The first kappa shape index (κ1) is 16.8. The molecular formula is C14H27N3O3. The van der Waals surface area contributed by atoms with Crippen LogP contribution in [0.25, 0.3) is 0 Å². The third kappa shape index (κ3) is 5.00. The second-order valence-corrected chi connectivity index (χ2v) is 6.66. The monoisotopic (exact) mass is 285 g/mol. The van der Waals surface area contributed by atoms with Gasteiger partial charge in [0, 0.05) is 32.1 Å². The third-order valence-electron chi connectivity index (χ3n) is 3.40. The standard InChI is InChI=1S/C14H27N3O3/c1-14(2,3)20-13(19)16-11-8-9(6-7-10(11)15)12(18)17(4)5/h9-11H,6-8,15H2,1-5H3,(H,16,19)/t9-,10-,11-/m0/s1. The van der Waals surface area contributed by atoms with E-state index in [1.807, 2.05) is 20.8 Å². The lowest BCUT2D eigenvalue weighted by atomic mass is 9.82. The molecule has 1 fully saturated rings. The van der Waals surface area contributed by atoms with Gasteiger partial charge in [-0.05, 0) is 40.0 Å². The van der Waals surface area contributed by atoms with Gasteiger partial charge in [-0.25, -0.2) is 4.79 Å². The van der Waals surface area contributed by atoms with Crippen molar-refractivity contribution < 1.29 is 14.3 Å². The summed E-state index contributed by atoms with van der Waals surface area (Å²) in [5.74, 6) is 0.0117. The van der Waals surface area contributed by atoms with Gasteiger partial charge < -0.3 is 20.7 Å². The van der Waals surface area contributed by atoms with Crippen LogP contribution >= 0.6 is 0 Å². The number of nitrogens with one attached hydrogen (secondary N) is 1. The van der Waals surface area contributed by atoms with Crippen molar-refractivity contribution in [1.29, 1.82) is 0 Å². The Morgan fingerprint density at radius 3 is 2.35 bits per heavy atom. The predicted octanol–water partition coefficient (Wildman–Crippen LogP) is 1.10. The van der Waals surface area contributed by atoms with Crippen molar-refractivity contribution in [1.82, 2.24) is 10.2 Å². The molecule has 0 saturated heterocycles. The van der Waals surface area contributed by atoms with Crippen molar-refractivity contribution in [3.8, 4) is 0 Å². The van der Waals surface area contributed by atoms with E-state index >= 15 is 0 Å². The van der Waals surface area contributed by atoms with Crippen LogP contribution in [0.3, 0.4) is 0 Å². The highest BCUT2D eigenvalue weighted by molar-refractivity contribution is 5.78. The Balaban J connectivity index is 2.59. The molecule has 6 heteroatoms. The van der Waals surface area contributed by atoms with Crippen LogP contribution in [-0.4, -0.2) is 48.7 Å². The lowest BCUT2D eigenvalue weighted by molar-refractivity contribution is -0.134. The van der Waals surface area contributed by atoms with Crippen molar-refractivity contribution in [2.75, 3.05) is 14.1 Å². The van der Waals surface area contributed by atoms with Gasteiger partial charge >= 0.3 is 6.09 Å². The van der Waals surface area contributed by atoms with Crippen molar-refractivity contribution >= 4 is 12.0 Å². The number of rotatable bonds is 2. The summed E-state index contributed by atoms with van der Waals surface area (Å²) in [7, 11) is 3.49. The summed E-state index contributed by atoms with van der Waals surface area (Å²) >= 11 is 0. The van der Waals surface area contributed by atoms with E-state index in [2.05, 4.69) is 5.32 Å². The first-order valence-electron chi connectivity index (χ1n) is 7.06. The normalized spacial score (nSPS) is 26.8. The van der Waals surface area contributed by atoms with Gasteiger partial charge in [0.15, 0.2) is 0 Å². The highest BCUT2D eigenvalue weighted by Gasteiger charge is 2.34. The van der Waals surface area contributed by atoms with Crippen LogP contribution in [0.2, 0.25) is 0 Å². The van der Waals surface area contributed by atoms with E-state index in [9.17, 15) is 9.59 Å². The maximum absolute atomic E-state index is 12.0. The Bertz CT molecular complexity index is 363. The summed E-state index contributed by atoms with van der Waals surface area (Å²) in [6.07, 6.45) is 1.59. The minimum atomic E-state index is -0.540. The average Bonchev–Trinajstić information content (AvgIpc) is 2.28. The lowest BCUT2D eigenvalue weighted by Crippen LogP contribution is -2.53. The molecule has 3 atom stereocenters. The van der Waals surface area contributed by atoms with Crippen LogP contribution in [0.4, 0.5) is 4.79 Å². The SMILES string of the molecule is CN(C)C(=O)[C@H]1CC[C@H](N)[C@@H](NC(=O)OC(C)(C)C)C1. The fourth-order valence-corrected chi connectivity index (χ4v) is 2.41. The molecule has 0 aromatic carbocycles. The summed E-state index contributed by atoms with van der Waals surface area (Å²) in [6, 6.07) is -0.346. The van der Waals surface area contributed by atoms with Gasteiger partial charge in [-0.3, -0.25) is 4.79 Å². The molecule has 0 heterocycles. The zero-order valence-electron chi connectivity index (χ0n) is 13.1. The zero-order valence-corrected chi connectivity index (χ0v) is 13.1. The maximum atomic E-state index is 12.0. The zero-order chi connectivity index (χ0) is 15.5. The summed E-state index contributed by atoms with van der Waals surface area (Å²) < 4.78 is 5.23. The topological polar surface area (TPSA) is 84.7 Å². The Morgan fingerprint density at radius 1 is 1.25 bits per heavy atom. The van der Waals surface area contributed by atoms with Gasteiger partial charge in [0.05, 0.1) is 0 Å². The quantitative estimate of drug-likeness (QED) is 0.795. The molecule has 0 aromatic heterocycles. The number of hydrogen-bond acceptors (Lipinski definition) is 4. The minimum absolute atomic E-state index is 0.0789. The van der Waals surface area contributed by atoms with Gasteiger partial charge in [-0.2, -0.15) is 0 Å². The Labute approximate surface area is 121 Å². The second-order valence-electron chi connectivity index (χ2n) is 6.66. The number of carbonyl (C=O) groups is 2. The molecule has 0 spiro atoms. The summed E-state index contributed by atoms with van der Waals surface area (Å²) in [4.78, 5) is 25.4. The van der Waals surface area contributed by atoms with Crippen molar-refractivity contribution in [3.05, 3.63) is 0 Å². The molecular weight excluding hydrogens is 258 g/mol. The Kier molecular flexibility index (Phi) is 5.39. The number of nitrogens with two attached hydrogens (primary N) is 1. The van der Waals surface area contributed by atoms with Crippen molar-refractivity contribution in [3.63, 3.8) is 0 Å². The van der Waals surface area contributed by atoms with Crippen LogP contribution in [0, 0.1) is 5.92 Å². The highest BCUT2D eigenvalue weighted by atomic mass is 16.6. The summed E-state index contributed by atoms with van der Waals surface area (Å²) in [6.45, 7) is 5.43. The largest absolute Gasteiger partial charge is 0.444 e. The van der Waals surface area contributed by atoms with Crippen LogP contribution < -0.4 is 11.1 Å². The number of ether oxygens (including phenoxy) is 1. The molecule has 0 bridgehead atoms. The molecule has 1 saturated carbocycles. The van der Waals surface area contributed by atoms with E-state index in [-0.39, 0.29) is 23.9 Å². The molecule has 116 valence electrons. The fraction of sp³-hybridized carbons (Fsp3) is 0.857. The van der Waals surface area contributed by atoms with Crippen LogP contribution in [-0.2, 0) is 9.53 Å². The van der Waals surface area contributed by atoms with Crippen molar-refractivity contribution in [2.24, 2.45) is 11.7 Å². The number of nitrogens with zero attached hydrogens (tertiary/aromatic N) is 1. The molecule has 1 aliphatic carbocycles. The first-order chi connectivity index (χ1) is 9.10. The third-order valence-corrected chi connectivity index (χ3v) is 3.40. The van der Waals surface area contributed by atoms with Crippen LogP contribution in [0.1, 0.15) is 40.0 Å². The highest BCUT2D eigenvalue weighted by Crippen LogP contribution is 2.25. The lowest BCUT2D eigenvalue weighted by Gasteiger charge is -2.35. The number of carbonyl (C=O) groups excluding carboxylic acids is 2. The summed E-state index contributed by atoms with van der Waals surface area (Å²) in [5, 5.41) is 2.79. The molecule has 3 N–H and O–H groups in total. The minimum Gasteiger partial charge on any atom is -0.444 e. The molecule has 0 aliphatic heterocycles. The molecule has 2 amide bonds. The Morgan fingerprint density at radius 2 is 1.85 bits per heavy atom. The van der Waals surface area contributed by atoms with Gasteiger partial charge in [-0.15, -0.1) is 0 Å². The smallest absolute Gasteiger partial charge is 0.407 e. The molecule has 1 aliphatic rings. The van der Waals surface area contributed by atoms with Gasteiger partial charge in [-0.1, -0.05) is 0 Å². The maximum Gasteiger partial charge on any atom is 0.407 e. The van der Waals surface area contributed by atoms with Gasteiger partial charge in [0.2, 0.25) is 5.91 Å². The van der Waals surface area contributed by atoms with E-state index in [4.69, 9.17) is 10.5 Å². The molecule has 20 heavy (non-hydrogen) atoms. The number of alkyl carbamates (subject to hydrolysis) is 1. The molecule has 0 aromatic rings. The van der Waals surface area contributed by atoms with Crippen molar-refractivity contribution in [2.45, 2.75) is 57.7 Å². The number of amides is 2. The van der Waals surface area contributed by atoms with Crippen LogP contribution in [0.15, 0.2) is 0 Å². The molecule has 0 radical (unpaired) electrons. The molecule has 0 unspecified atom stereocenters. The van der Waals surface area contributed by atoms with E-state index in [1.54, 1.807) is 19.0 Å². The number of hydrogen-bond donors (Lipinski definition) is 2. The van der Waals surface area contributed by atoms with Gasteiger partial charge in [0.1, 0.15) is 5.60 Å². The van der Waals surface area contributed by atoms with E-state index in [0.29, 0.717) is 6.42 Å². The predicted molar refractivity (Wildman–Crippen MR) is 77.2 cm³/mol. The summed E-state index contributed by atoms with van der Waals surface area (Å²) in [5.41, 5.74) is 5.49. The molecule has 1 rings (SSSR count). The molecule has 6 nitrogen and oxygen atoms in total. The van der Waals surface area contributed by atoms with E-state index < -0.39 is 11.7 Å².